The number of hydrogen-bond donors (Lipinski definition) is 2. The molecule has 174 valence electrons. The lowest BCUT2D eigenvalue weighted by Crippen LogP contribution is -2.23. The van der Waals surface area contributed by atoms with Crippen LogP contribution in [0.15, 0.2) is 48.7 Å². The van der Waals surface area contributed by atoms with Gasteiger partial charge in [-0.05, 0) is 48.7 Å². The van der Waals surface area contributed by atoms with E-state index in [1.54, 1.807) is 29.1 Å². The molecule has 1 saturated heterocycles. The summed E-state index contributed by atoms with van der Waals surface area (Å²) in [7, 11) is 1.84. The number of carbonyl (C=O) groups excluding carboxylic acids is 1. The number of anilines is 3. The van der Waals surface area contributed by atoms with Crippen molar-refractivity contribution in [1.29, 1.82) is 0 Å². The molecule has 2 N–H and O–H groups in total. The highest BCUT2D eigenvalue weighted by Gasteiger charge is 2.19. The minimum atomic E-state index is -0.685. The molecule has 0 atom stereocenters. The summed E-state index contributed by atoms with van der Waals surface area (Å²) >= 11 is 0. The van der Waals surface area contributed by atoms with Crippen LogP contribution < -0.4 is 15.5 Å². The van der Waals surface area contributed by atoms with Crippen LogP contribution in [0.1, 0.15) is 28.8 Å². The van der Waals surface area contributed by atoms with Gasteiger partial charge in [0.05, 0.1) is 11.6 Å². The second-order valence-electron chi connectivity index (χ2n) is 8.24. The molecule has 0 aliphatic carbocycles. The smallest absolute Gasteiger partial charge is 0.251 e. The second kappa shape index (κ2) is 9.05. The molecule has 1 amide bonds. The van der Waals surface area contributed by atoms with E-state index in [0.29, 0.717) is 28.6 Å². The van der Waals surface area contributed by atoms with Crippen molar-refractivity contribution in [3.63, 3.8) is 0 Å². The van der Waals surface area contributed by atoms with Gasteiger partial charge in [0.25, 0.3) is 5.91 Å². The monoisotopic (exact) mass is 463 g/mol. The molecule has 10 heteroatoms. The van der Waals surface area contributed by atoms with E-state index in [-0.39, 0.29) is 12.5 Å². The van der Waals surface area contributed by atoms with Crippen molar-refractivity contribution in [2.75, 3.05) is 23.3 Å². The Bertz CT molecular complexity index is 1340. The quantitative estimate of drug-likeness (QED) is 0.451. The van der Waals surface area contributed by atoms with Gasteiger partial charge in [-0.15, -0.1) is 0 Å². The first-order valence-corrected chi connectivity index (χ1v) is 11.0. The molecule has 3 heterocycles. The number of aryl methyl sites for hydroxylation is 1. The summed E-state index contributed by atoms with van der Waals surface area (Å²) < 4.78 is 28.5. The molecule has 0 saturated carbocycles. The van der Waals surface area contributed by atoms with E-state index in [4.69, 9.17) is 4.98 Å². The number of carbonyl (C=O) groups is 1. The van der Waals surface area contributed by atoms with Gasteiger partial charge >= 0.3 is 0 Å². The highest BCUT2D eigenvalue weighted by atomic mass is 19.1. The van der Waals surface area contributed by atoms with Gasteiger partial charge in [0.1, 0.15) is 17.5 Å². The average molecular weight is 463 g/mol. The molecule has 2 aromatic heterocycles. The Hall–Kier alpha value is -4.08. The van der Waals surface area contributed by atoms with Crippen LogP contribution in [-0.4, -0.2) is 38.7 Å². The summed E-state index contributed by atoms with van der Waals surface area (Å²) in [5.41, 5.74) is 2.13. The predicted molar refractivity (Wildman–Crippen MR) is 125 cm³/mol. The van der Waals surface area contributed by atoms with Crippen molar-refractivity contribution in [3.05, 3.63) is 71.4 Å². The average Bonchev–Trinajstić information content (AvgIpc) is 3.48. The van der Waals surface area contributed by atoms with E-state index in [0.717, 1.165) is 43.0 Å². The number of fused-ring (bicyclic) bond motifs is 1. The van der Waals surface area contributed by atoms with E-state index in [2.05, 4.69) is 25.6 Å². The zero-order chi connectivity index (χ0) is 23.7. The van der Waals surface area contributed by atoms with Gasteiger partial charge in [-0.1, -0.05) is 6.07 Å². The minimum absolute atomic E-state index is 0.00653. The van der Waals surface area contributed by atoms with E-state index in [1.807, 2.05) is 13.1 Å². The summed E-state index contributed by atoms with van der Waals surface area (Å²) in [6.45, 7) is 1.83. The molecule has 1 aliphatic rings. The van der Waals surface area contributed by atoms with Gasteiger partial charge < -0.3 is 15.5 Å². The Kier molecular flexibility index (Phi) is 5.79. The molecule has 0 radical (unpaired) electrons. The summed E-state index contributed by atoms with van der Waals surface area (Å²) in [6.07, 6.45) is 3.92. The van der Waals surface area contributed by atoms with Crippen molar-refractivity contribution in [1.82, 2.24) is 25.1 Å². The lowest BCUT2D eigenvalue weighted by Gasteiger charge is -2.17. The van der Waals surface area contributed by atoms with Crippen LogP contribution in [-0.2, 0) is 13.6 Å². The highest BCUT2D eigenvalue weighted by Crippen LogP contribution is 2.27. The molecule has 1 fully saturated rings. The molecule has 1 aliphatic heterocycles. The number of amides is 1. The van der Waals surface area contributed by atoms with Crippen LogP contribution in [0.2, 0.25) is 0 Å². The number of rotatable bonds is 6. The maximum atomic E-state index is 13.4. The topological polar surface area (TPSA) is 88.0 Å². The molecule has 0 spiro atoms. The lowest BCUT2D eigenvalue weighted by molar-refractivity contribution is 0.0951. The number of benzene rings is 2. The van der Waals surface area contributed by atoms with E-state index < -0.39 is 11.6 Å². The Morgan fingerprint density at radius 3 is 2.59 bits per heavy atom. The van der Waals surface area contributed by atoms with E-state index in [9.17, 15) is 13.6 Å². The van der Waals surface area contributed by atoms with E-state index >= 15 is 0 Å². The summed E-state index contributed by atoms with van der Waals surface area (Å²) in [4.78, 5) is 24.2. The molecule has 34 heavy (non-hydrogen) atoms. The van der Waals surface area contributed by atoms with Crippen molar-refractivity contribution >= 4 is 34.4 Å². The van der Waals surface area contributed by atoms with Gasteiger partial charge in [0.2, 0.25) is 5.95 Å². The standard InChI is InChI=1S/C24H23F2N7O/c1-32-22-20(14-28-32)21(30-24(31-22)33-7-2-3-8-33)29-19-6-4-5-16(11-19)23(34)27-13-15-9-17(25)12-18(26)10-15/h4-6,9-12,14H,2-3,7-8,13H2,1H3,(H,27,34)(H,29,30,31). The third-order valence-corrected chi connectivity index (χ3v) is 5.73. The first kappa shape index (κ1) is 21.7. The molecule has 0 unspecified atom stereocenters. The Balaban J connectivity index is 1.37. The number of nitrogens with one attached hydrogen (secondary N) is 2. The van der Waals surface area contributed by atoms with Crippen LogP contribution in [0.3, 0.4) is 0 Å². The Labute approximate surface area is 194 Å². The maximum Gasteiger partial charge on any atom is 0.251 e. The summed E-state index contributed by atoms with van der Waals surface area (Å²) in [6, 6.07) is 10.1. The maximum absolute atomic E-state index is 13.4. The summed E-state index contributed by atoms with van der Waals surface area (Å²) in [5.74, 6) is -0.481. The van der Waals surface area contributed by atoms with E-state index in [1.165, 1.54) is 12.1 Å². The number of halogens is 2. The zero-order valence-electron chi connectivity index (χ0n) is 18.6. The molecule has 8 nitrogen and oxygen atoms in total. The molecule has 2 aromatic carbocycles. The summed E-state index contributed by atoms with van der Waals surface area (Å²) in [5, 5.41) is 11.1. The van der Waals surface area contributed by atoms with Gasteiger partial charge in [0, 0.05) is 44.0 Å². The highest BCUT2D eigenvalue weighted by molar-refractivity contribution is 5.96. The third kappa shape index (κ3) is 4.52. The molecule has 5 rings (SSSR count). The number of nitrogens with zero attached hydrogens (tertiary/aromatic N) is 5. The molecular formula is C24H23F2N7O. The SMILES string of the molecule is Cn1ncc2c(Nc3cccc(C(=O)NCc4cc(F)cc(F)c4)c3)nc(N3CCCC3)nc21. The first-order chi connectivity index (χ1) is 16.5. The minimum Gasteiger partial charge on any atom is -0.348 e. The van der Waals surface area contributed by atoms with Gasteiger partial charge in [-0.2, -0.15) is 15.1 Å². The third-order valence-electron chi connectivity index (χ3n) is 5.73. The Morgan fingerprint density at radius 2 is 1.82 bits per heavy atom. The first-order valence-electron chi connectivity index (χ1n) is 11.0. The number of aromatic nitrogens is 4. The largest absolute Gasteiger partial charge is 0.348 e. The molecular weight excluding hydrogens is 440 g/mol. The van der Waals surface area contributed by atoms with Crippen LogP contribution in [0, 0.1) is 11.6 Å². The lowest BCUT2D eigenvalue weighted by atomic mass is 10.1. The second-order valence-corrected chi connectivity index (χ2v) is 8.24. The van der Waals surface area contributed by atoms with Crippen molar-refractivity contribution < 1.29 is 13.6 Å². The van der Waals surface area contributed by atoms with Crippen LogP contribution in [0.5, 0.6) is 0 Å². The van der Waals surface area contributed by atoms with Crippen LogP contribution in [0.25, 0.3) is 11.0 Å². The fraction of sp³-hybridized carbons (Fsp3) is 0.250. The predicted octanol–water partition coefficient (Wildman–Crippen LogP) is 3.92. The van der Waals surface area contributed by atoms with Crippen molar-refractivity contribution in [2.45, 2.75) is 19.4 Å². The number of hydrogen-bond acceptors (Lipinski definition) is 6. The van der Waals surface area contributed by atoms with Crippen molar-refractivity contribution in [2.24, 2.45) is 7.05 Å². The van der Waals surface area contributed by atoms with Crippen LogP contribution in [0.4, 0.5) is 26.2 Å². The Morgan fingerprint density at radius 1 is 1.06 bits per heavy atom. The van der Waals surface area contributed by atoms with Crippen LogP contribution >= 0.6 is 0 Å². The molecule has 0 bridgehead atoms. The zero-order valence-corrected chi connectivity index (χ0v) is 18.6. The van der Waals surface area contributed by atoms with Crippen molar-refractivity contribution in [3.8, 4) is 0 Å². The van der Waals surface area contributed by atoms with Gasteiger partial charge in [-0.25, -0.2) is 8.78 Å². The van der Waals surface area contributed by atoms with Gasteiger partial charge in [-0.3, -0.25) is 9.48 Å². The fourth-order valence-corrected chi connectivity index (χ4v) is 4.04. The fourth-order valence-electron chi connectivity index (χ4n) is 4.04. The molecule has 4 aromatic rings. The normalized spacial score (nSPS) is 13.4. The van der Waals surface area contributed by atoms with Gasteiger partial charge in [0.15, 0.2) is 5.65 Å².